The van der Waals surface area contributed by atoms with Gasteiger partial charge in [0.15, 0.2) is 0 Å². The second-order valence-electron chi connectivity index (χ2n) is 8.33. The summed E-state index contributed by atoms with van der Waals surface area (Å²) in [5, 5.41) is 10.6. The first-order chi connectivity index (χ1) is 15.1. The molecule has 0 radical (unpaired) electrons. The number of hydrogen-bond acceptors (Lipinski definition) is 7. The predicted molar refractivity (Wildman–Crippen MR) is 113 cm³/mol. The number of carbonyl (C=O) groups is 2. The van der Waals surface area contributed by atoms with Gasteiger partial charge in [0, 0.05) is 30.8 Å². The molecule has 1 amide bonds. The van der Waals surface area contributed by atoms with E-state index in [9.17, 15) is 9.59 Å². The van der Waals surface area contributed by atoms with Crippen LogP contribution in [0.25, 0.3) is 11.0 Å². The molecule has 2 aliphatic heterocycles. The van der Waals surface area contributed by atoms with Crippen LogP contribution >= 0.6 is 0 Å². The molecule has 0 bridgehead atoms. The van der Waals surface area contributed by atoms with Gasteiger partial charge >= 0.3 is 5.97 Å². The number of nitrogens with one attached hydrogen (secondary N) is 1. The molecular formula is C23H24N4O4. The number of amides is 1. The van der Waals surface area contributed by atoms with E-state index in [0.29, 0.717) is 41.2 Å². The molecule has 1 aromatic heterocycles. The number of carbonyl (C=O) groups excluding carboxylic acids is 2. The lowest BCUT2D eigenvalue weighted by atomic mass is 9.97. The van der Waals surface area contributed by atoms with Crippen LogP contribution < -0.4 is 5.32 Å². The van der Waals surface area contributed by atoms with Crippen LogP contribution in [0, 0.1) is 12.8 Å². The van der Waals surface area contributed by atoms with E-state index in [1.54, 1.807) is 18.2 Å². The molecule has 0 spiro atoms. The third-order valence-corrected chi connectivity index (χ3v) is 6.41. The molecule has 1 fully saturated rings. The first-order valence-corrected chi connectivity index (χ1v) is 10.6. The molecule has 31 heavy (non-hydrogen) atoms. The number of esters is 1. The Morgan fingerprint density at radius 3 is 3.00 bits per heavy atom. The summed E-state index contributed by atoms with van der Waals surface area (Å²) in [6.45, 7) is 6.08. The second-order valence-corrected chi connectivity index (χ2v) is 8.33. The van der Waals surface area contributed by atoms with E-state index in [2.05, 4.69) is 38.1 Å². The molecule has 2 aliphatic rings. The maximum atomic E-state index is 12.5. The molecule has 0 saturated carbocycles. The van der Waals surface area contributed by atoms with E-state index in [4.69, 9.17) is 4.74 Å². The molecule has 1 atom stereocenters. The molecule has 3 heterocycles. The number of aromatic nitrogens is 2. The monoisotopic (exact) mass is 420 g/mol. The van der Waals surface area contributed by atoms with Crippen molar-refractivity contribution in [1.29, 1.82) is 0 Å². The van der Waals surface area contributed by atoms with Gasteiger partial charge in [-0.3, -0.25) is 4.79 Å². The Kier molecular flexibility index (Phi) is 5.15. The molecule has 3 aromatic rings. The lowest BCUT2D eigenvalue weighted by Gasteiger charge is -2.17. The summed E-state index contributed by atoms with van der Waals surface area (Å²) < 4.78 is 9.83. The number of nitrogens with zero attached hydrogens (tertiary/aromatic N) is 3. The van der Waals surface area contributed by atoms with Crippen molar-refractivity contribution >= 4 is 22.9 Å². The normalized spacial score (nSPS) is 18.4. The average Bonchev–Trinajstić information content (AvgIpc) is 3.51. The van der Waals surface area contributed by atoms with Gasteiger partial charge in [0.25, 0.3) is 5.91 Å². The Morgan fingerprint density at radius 2 is 2.10 bits per heavy atom. The van der Waals surface area contributed by atoms with Crippen molar-refractivity contribution in [1.82, 2.24) is 20.5 Å². The Hall–Kier alpha value is -3.26. The van der Waals surface area contributed by atoms with Gasteiger partial charge in [-0.2, -0.15) is 0 Å². The number of hydrogen-bond donors (Lipinski definition) is 1. The highest BCUT2D eigenvalue weighted by atomic mass is 16.6. The molecule has 160 valence electrons. The number of likely N-dealkylation sites (tertiary alicyclic amines) is 1. The van der Waals surface area contributed by atoms with Gasteiger partial charge in [-0.15, -0.1) is 0 Å². The quantitative estimate of drug-likeness (QED) is 0.612. The minimum absolute atomic E-state index is 0.103. The van der Waals surface area contributed by atoms with Crippen LogP contribution in [0.5, 0.6) is 0 Å². The smallest absolute Gasteiger partial charge is 0.338 e. The van der Waals surface area contributed by atoms with Crippen molar-refractivity contribution < 1.29 is 19.0 Å². The van der Waals surface area contributed by atoms with E-state index in [1.807, 2.05) is 6.07 Å². The number of ether oxygens (including phenoxy) is 1. The summed E-state index contributed by atoms with van der Waals surface area (Å²) in [6, 6.07) is 9.11. The lowest BCUT2D eigenvalue weighted by Crippen LogP contribution is -2.31. The third-order valence-electron chi connectivity index (χ3n) is 6.41. The van der Waals surface area contributed by atoms with E-state index >= 15 is 0 Å². The van der Waals surface area contributed by atoms with E-state index < -0.39 is 0 Å². The van der Waals surface area contributed by atoms with Crippen molar-refractivity contribution in [3.05, 3.63) is 58.1 Å². The van der Waals surface area contributed by atoms with Crippen LogP contribution in [-0.4, -0.2) is 53.3 Å². The van der Waals surface area contributed by atoms with Crippen LogP contribution in [-0.2, 0) is 17.8 Å². The zero-order chi connectivity index (χ0) is 21.4. The van der Waals surface area contributed by atoms with Crippen molar-refractivity contribution in [2.45, 2.75) is 26.4 Å². The summed E-state index contributed by atoms with van der Waals surface area (Å²) in [4.78, 5) is 26.6. The topological polar surface area (TPSA) is 97.6 Å². The van der Waals surface area contributed by atoms with Gasteiger partial charge in [-0.05, 0) is 77.9 Å². The summed E-state index contributed by atoms with van der Waals surface area (Å²) in [6.07, 6.45) is 2.01. The van der Waals surface area contributed by atoms with Crippen LogP contribution in [0.3, 0.4) is 0 Å². The maximum Gasteiger partial charge on any atom is 0.338 e. The van der Waals surface area contributed by atoms with Crippen molar-refractivity contribution in [3.63, 3.8) is 0 Å². The number of cyclic esters (lactones) is 1. The Bertz CT molecular complexity index is 1160. The van der Waals surface area contributed by atoms with Crippen LogP contribution in [0.4, 0.5) is 0 Å². The minimum atomic E-state index is -0.216. The largest absolute Gasteiger partial charge is 0.457 e. The molecular weight excluding hydrogens is 396 g/mol. The number of rotatable bonds is 6. The maximum absolute atomic E-state index is 12.5. The van der Waals surface area contributed by atoms with E-state index in [-0.39, 0.29) is 11.9 Å². The Balaban J connectivity index is 1.11. The highest BCUT2D eigenvalue weighted by Crippen LogP contribution is 2.26. The highest BCUT2D eigenvalue weighted by molar-refractivity contribution is 5.97. The average molecular weight is 420 g/mol. The summed E-state index contributed by atoms with van der Waals surface area (Å²) >= 11 is 0. The fraction of sp³-hybridized carbons (Fsp3) is 0.391. The SMILES string of the molecule is Cc1c(CCN2CCC(CNC(=O)c3ccc4nonc4c3)C2)ccc2c1COC2=O. The highest BCUT2D eigenvalue weighted by Gasteiger charge is 2.25. The predicted octanol–water partition coefficient (Wildman–Crippen LogP) is 2.50. The van der Waals surface area contributed by atoms with Crippen molar-refractivity contribution in [2.75, 3.05) is 26.2 Å². The Morgan fingerprint density at radius 1 is 1.23 bits per heavy atom. The third kappa shape index (κ3) is 3.90. The minimum Gasteiger partial charge on any atom is -0.457 e. The zero-order valence-corrected chi connectivity index (χ0v) is 17.4. The molecule has 1 unspecified atom stereocenters. The second kappa shape index (κ2) is 8.11. The Labute approximate surface area is 179 Å². The van der Waals surface area contributed by atoms with E-state index in [1.165, 1.54) is 11.1 Å². The summed E-state index contributed by atoms with van der Waals surface area (Å²) in [5.74, 6) is 0.120. The summed E-state index contributed by atoms with van der Waals surface area (Å²) in [5.41, 5.74) is 5.96. The van der Waals surface area contributed by atoms with Crippen LogP contribution in [0.2, 0.25) is 0 Å². The molecule has 8 heteroatoms. The van der Waals surface area contributed by atoms with Crippen molar-refractivity contribution in [2.24, 2.45) is 5.92 Å². The van der Waals surface area contributed by atoms with Crippen LogP contribution in [0.1, 0.15) is 43.8 Å². The standard InChI is InChI=1S/C23H24N4O4/c1-14-16(2-4-18-19(14)13-30-23(18)29)7-9-27-8-6-15(12-27)11-24-22(28)17-3-5-20-21(10-17)26-31-25-20/h2-5,10,15H,6-9,11-13H2,1H3,(H,24,28). The summed E-state index contributed by atoms with van der Waals surface area (Å²) in [7, 11) is 0. The van der Waals surface area contributed by atoms with Gasteiger partial charge in [-0.25, -0.2) is 9.42 Å². The van der Waals surface area contributed by atoms with E-state index in [0.717, 1.165) is 38.0 Å². The van der Waals surface area contributed by atoms with Gasteiger partial charge in [-0.1, -0.05) is 6.07 Å². The lowest BCUT2D eigenvalue weighted by molar-refractivity contribution is 0.0534. The molecule has 1 N–H and O–H groups in total. The zero-order valence-electron chi connectivity index (χ0n) is 17.4. The van der Waals surface area contributed by atoms with Crippen molar-refractivity contribution in [3.8, 4) is 0 Å². The fourth-order valence-corrected chi connectivity index (χ4v) is 4.49. The number of benzene rings is 2. The van der Waals surface area contributed by atoms with Gasteiger partial charge in [0.05, 0.1) is 5.56 Å². The number of fused-ring (bicyclic) bond motifs is 2. The molecule has 5 rings (SSSR count). The van der Waals surface area contributed by atoms with Crippen LogP contribution in [0.15, 0.2) is 35.0 Å². The molecule has 2 aromatic carbocycles. The van der Waals surface area contributed by atoms with Gasteiger partial charge in [0.2, 0.25) is 0 Å². The first-order valence-electron chi connectivity index (χ1n) is 10.6. The van der Waals surface area contributed by atoms with Gasteiger partial charge < -0.3 is 15.0 Å². The molecule has 8 nitrogen and oxygen atoms in total. The first kappa shape index (κ1) is 19.7. The molecule has 0 aliphatic carbocycles. The molecule has 1 saturated heterocycles. The fourth-order valence-electron chi connectivity index (χ4n) is 4.49. The van der Waals surface area contributed by atoms with Gasteiger partial charge in [0.1, 0.15) is 17.6 Å².